The molecule has 31 heavy (non-hydrogen) atoms. The van der Waals surface area contributed by atoms with Gasteiger partial charge in [0.2, 0.25) is 11.8 Å². The molecule has 2 amide bonds. The van der Waals surface area contributed by atoms with Crippen LogP contribution in [-0.4, -0.2) is 88.0 Å². The van der Waals surface area contributed by atoms with Crippen molar-refractivity contribution in [2.75, 3.05) is 46.3 Å². The van der Waals surface area contributed by atoms with Gasteiger partial charge >= 0.3 is 0 Å². The molecule has 4 rings (SSSR count). The zero-order valence-electron chi connectivity index (χ0n) is 18.3. The predicted molar refractivity (Wildman–Crippen MR) is 114 cm³/mol. The largest absolute Gasteiger partial charge is 0.343 e. The predicted octanol–water partition coefficient (Wildman–Crippen LogP) is 1.50. The summed E-state index contributed by atoms with van der Waals surface area (Å²) in [4.78, 5) is 39.9. The van der Waals surface area contributed by atoms with Gasteiger partial charge in [0, 0.05) is 69.9 Å². The number of aromatic nitrogens is 3. The Labute approximate surface area is 182 Å². The molecule has 2 aromatic rings. The molecule has 9 heteroatoms. The minimum absolute atomic E-state index is 0.0593. The van der Waals surface area contributed by atoms with E-state index in [1.165, 1.54) is 0 Å². The molecule has 0 radical (unpaired) electrons. The highest BCUT2D eigenvalue weighted by molar-refractivity contribution is 5.94. The second-order valence-electron chi connectivity index (χ2n) is 8.46. The molecule has 2 aromatic heterocycles. The van der Waals surface area contributed by atoms with E-state index in [4.69, 9.17) is 4.52 Å². The molecule has 166 valence electrons. The summed E-state index contributed by atoms with van der Waals surface area (Å²) >= 11 is 0. The highest BCUT2D eigenvalue weighted by Crippen LogP contribution is 2.27. The lowest BCUT2D eigenvalue weighted by molar-refractivity contribution is -0.132. The fraction of sp³-hybridized carbons (Fsp3) is 0.591. The van der Waals surface area contributed by atoms with Gasteiger partial charge in [-0.25, -0.2) is 0 Å². The quantitative estimate of drug-likeness (QED) is 0.715. The molecule has 0 N–H and O–H groups in total. The Kier molecular flexibility index (Phi) is 6.60. The Bertz CT molecular complexity index is 896. The number of pyridine rings is 1. The number of amides is 2. The molecule has 0 saturated carbocycles. The molecule has 9 nitrogen and oxygen atoms in total. The van der Waals surface area contributed by atoms with E-state index in [1.54, 1.807) is 13.1 Å². The summed E-state index contributed by atoms with van der Waals surface area (Å²) in [5.41, 5.74) is 1.65. The van der Waals surface area contributed by atoms with E-state index in [0.29, 0.717) is 36.0 Å². The van der Waals surface area contributed by atoms with Crippen LogP contribution < -0.4 is 0 Å². The van der Waals surface area contributed by atoms with Gasteiger partial charge in [0.1, 0.15) is 0 Å². The number of likely N-dealkylation sites (N-methyl/N-ethyl adjacent to an activating group) is 1. The van der Waals surface area contributed by atoms with Crippen molar-refractivity contribution in [2.45, 2.75) is 38.5 Å². The SMILES string of the molecule is Cc1noc(CCC(=O)N2CCC(c3ccc(C(=O)N4CCN(C)CC4)cn3)CC2)n1. The van der Waals surface area contributed by atoms with Gasteiger partial charge in [0.15, 0.2) is 5.82 Å². The number of piperidine rings is 1. The van der Waals surface area contributed by atoms with Crippen LogP contribution in [0.2, 0.25) is 0 Å². The van der Waals surface area contributed by atoms with Gasteiger partial charge in [-0.1, -0.05) is 5.16 Å². The van der Waals surface area contributed by atoms with Crippen LogP contribution >= 0.6 is 0 Å². The van der Waals surface area contributed by atoms with Crippen molar-refractivity contribution >= 4 is 11.8 Å². The minimum atomic E-state index is 0.0593. The van der Waals surface area contributed by atoms with Gasteiger partial charge < -0.3 is 19.2 Å². The number of hydrogen-bond donors (Lipinski definition) is 0. The number of aryl methyl sites for hydroxylation is 2. The Morgan fingerprint density at radius 3 is 2.42 bits per heavy atom. The molecule has 0 aromatic carbocycles. The summed E-state index contributed by atoms with van der Waals surface area (Å²) in [6.45, 7) is 6.53. The maximum atomic E-state index is 12.7. The third-order valence-corrected chi connectivity index (χ3v) is 6.21. The zero-order valence-corrected chi connectivity index (χ0v) is 18.3. The lowest BCUT2D eigenvalue weighted by Gasteiger charge is -2.33. The van der Waals surface area contributed by atoms with E-state index in [1.807, 2.05) is 21.9 Å². The molecule has 0 aliphatic carbocycles. The van der Waals surface area contributed by atoms with E-state index < -0.39 is 0 Å². The van der Waals surface area contributed by atoms with Gasteiger partial charge in [0.05, 0.1) is 5.56 Å². The first kappa shape index (κ1) is 21.4. The number of hydrogen-bond acceptors (Lipinski definition) is 7. The number of likely N-dealkylation sites (tertiary alicyclic amines) is 1. The first-order valence-corrected chi connectivity index (χ1v) is 11.0. The number of carbonyl (C=O) groups is 2. The van der Waals surface area contributed by atoms with Gasteiger partial charge in [-0.15, -0.1) is 0 Å². The first-order valence-electron chi connectivity index (χ1n) is 11.0. The number of rotatable bonds is 5. The second kappa shape index (κ2) is 9.55. The average Bonchev–Trinajstić information content (AvgIpc) is 3.23. The molecular formula is C22H30N6O3. The molecule has 2 fully saturated rings. The Balaban J connectivity index is 1.25. The summed E-state index contributed by atoms with van der Waals surface area (Å²) in [5, 5.41) is 3.75. The van der Waals surface area contributed by atoms with Crippen LogP contribution in [-0.2, 0) is 11.2 Å². The first-order chi connectivity index (χ1) is 15.0. The maximum absolute atomic E-state index is 12.7. The van der Waals surface area contributed by atoms with Crippen LogP contribution in [0.4, 0.5) is 0 Å². The summed E-state index contributed by atoms with van der Waals surface area (Å²) in [5.74, 6) is 1.60. The van der Waals surface area contributed by atoms with Crippen LogP contribution in [0.5, 0.6) is 0 Å². The van der Waals surface area contributed by atoms with E-state index in [2.05, 4.69) is 27.1 Å². The van der Waals surface area contributed by atoms with Crippen molar-refractivity contribution in [1.29, 1.82) is 0 Å². The molecule has 0 unspecified atom stereocenters. The van der Waals surface area contributed by atoms with Crippen molar-refractivity contribution in [2.24, 2.45) is 0 Å². The van der Waals surface area contributed by atoms with Gasteiger partial charge in [-0.3, -0.25) is 14.6 Å². The Morgan fingerprint density at radius 1 is 1.06 bits per heavy atom. The fourth-order valence-corrected chi connectivity index (χ4v) is 4.20. The maximum Gasteiger partial charge on any atom is 0.255 e. The minimum Gasteiger partial charge on any atom is -0.343 e. The summed E-state index contributed by atoms with van der Waals surface area (Å²) in [7, 11) is 2.08. The van der Waals surface area contributed by atoms with Crippen molar-refractivity contribution < 1.29 is 14.1 Å². The van der Waals surface area contributed by atoms with Crippen LogP contribution in [0.3, 0.4) is 0 Å². The monoisotopic (exact) mass is 426 g/mol. The van der Waals surface area contributed by atoms with Gasteiger partial charge in [-0.05, 0) is 38.9 Å². The molecule has 2 saturated heterocycles. The summed E-state index contributed by atoms with van der Waals surface area (Å²) in [6.07, 6.45) is 4.33. The Morgan fingerprint density at radius 2 is 1.81 bits per heavy atom. The summed E-state index contributed by atoms with van der Waals surface area (Å²) in [6, 6.07) is 3.87. The van der Waals surface area contributed by atoms with E-state index >= 15 is 0 Å². The molecule has 2 aliphatic rings. The van der Waals surface area contributed by atoms with Crippen molar-refractivity contribution in [3.05, 3.63) is 41.3 Å². The molecule has 0 atom stereocenters. The van der Waals surface area contributed by atoms with E-state index in [-0.39, 0.29) is 11.8 Å². The molecule has 2 aliphatic heterocycles. The molecule has 0 bridgehead atoms. The summed E-state index contributed by atoms with van der Waals surface area (Å²) < 4.78 is 5.08. The topological polar surface area (TPSA) is 95.7 Å². The van der Waals surface area contributed by atoms with Crippen LogP contribution in [0.1, 0.15) is 52.9 Å². The van der Waals surface area contributed by atoms with Crippen LogP contribution in [0.15, 0.2) is 22.9 Å². The van der Waals surface area contributed by atoms with Crippen molar-refractivity contribution in [3.8, 4) is 0 Å². The van der Waals surface area contributed by atoms with Crippen molar-refractivity contribution in [3.63, 3.8) is 0 Å². The zero-order chi connectivity index (χ0) is 21.8. The third-order valence-electron chi connectivity index (χ3n) is 6.21. The molecular weight excluding hydrogens is 396 g/mol. The highest BCUT2D eigenvalue weighted by atomic mass is 16.5. The number of nitrogens with zero attached hydrogens (tertiary/aromatic N) is 6. The second-order valence-corrected chi connectivity index (χ2v) is 8.46. The van der Waals surface area contributed by atoms with E-state index in [0.717, 1.165) is 57.8 Å². The van der Waals surface area contributed by atoms with E-state index in [9.17, 15) is 9.59 Å². The fourth-order valence-electron chi connectivity index (χ4n) is 4.20. The van der Waals surface area contributed by atoms with Crippen molar-refractivity contribution in [1.82, 2.24) is 29.8 Å². The number of carbonyl (C=O) groups excluding carboxylic acids is 2. The molecule has 4 heterocycles. The lowest BCUT2D eigenvalue weighted by atomic mass is 9.92. The molecule has 0 spiro atoms. The lowest BCUT2D eigenvalue weighted by Crippen LogP contribution is -2.47. The highest BCUT2D eigenvalue weighted by Gasteiger charge is 2.26. The van der Waals surface area contributed by atoms with Gasteiger partial charge in [-0.2, -0.15) is 4.98 Å². The standard InChI is InChI=1S/C22H30N6O3/c1-16-24-20(31-25-16)5-6-21(29)27-9-7-17(8-10-27)19-4-3-18(15-23-19)22(30)28-13-11-26(2)12-14-28/h3-4,15,17H,5-14H2,1-2H3. The third kappa shape index (κ3) is 5.28. The van der Waals surface area contributed by atoms with Crippen LogP contribution in [0.25, 0.3) is 0 Å². The smallest absolute Gasteiger partial charge is 0.255 e. The van der Waals surface area contributed by atoms with Crippen LogP contribution in [0, 0.1) is 6.92 Å². The average molecular weight is 427 g/mol. The Hall–Kier alpha value is -2.81. The number of piperazine rings is 1. The van der Waals surface area contributed by atoms with Gasteiger partial charge in [0.25, 0.3) is 5.91 Å². The normalized spacial score (nSPS) is 18.4.